The lowest BCUT2D eigenvalue weighted by atomic mass is 10.2. The number of benzene rings is 2. The molecule has 3 aromatic rings. The maximum Gasteiger partial charge on any atom is 0.233 e. The molecule has 2 N–H and O–H groups in total. The summed E-state index contributed by atoms with van der Waals surface area (Å²) in [5.74, 6) is 1.05. The molecule has 0 aliphatic heterocycles. The predicted molar refractivity (Wildman–Crippen MR) is 95.1 cm³/mol. The van der Waals surface area contributed by atoms with Crippen LogP contribution < -0.4 is 5.32 Å². The monoisotopic (exact) mass is 343 g/mol. The fourth-order valence-corrected chi connectivity index (χ4v) is 3.17. The lowest BCUT2D eigenvalue weighted by Gasteiger charge is -2.11. The van der Waals surface area contributed by atoms with Gasteiger partial charge in [-0.1, -0.05) is 30.3 Å². The number of aromatic amines is 1. The number of fused-ring (bicyclic) bond motifs is 1. The summed E-state index contributed by atoms with van der Waals surface area (Å²) in [4.78, 5) is 19.5. The quantitative estimate of drug-likeness (QED) is 0.718. The number of amides is 1. The van der Waals surface area contributed by atoms with E-state index in [1.165, 1.54) is 17.7 Å². The van der Waals surface area contributed by atoms with Gasteiger partial charge in [-0.2, -0.15) is 0 Å². The molecule has 0 saturated heterocycles. The van der Waals surface area contributed by atoms with Crippen LogP contribution in [0.4, 0.5) is 4.39 Å². The topological polar surface area (TPSA) is 57.8 Å². The molecule has 1 heterocycles. The Hall–Kier alpha value is -2.34. The minimum atomic E-state index is -0.312. The van der Waals surface area contributed by atoms with Crippen LogP contribution in [0.5, 0.6) is 0 Å². The Kier molecular flexibility index (Phi) is 5.15. The molecule has 0 bridgehead atoms. The van der Waals surface area contributed by atoms with E-state index in [9.17, 15) is 9.18 Å². The van der Waals surface area contributed by atoms with E-state index in [-0.39, 0.29) is 17.0 Å². The molecule has 0 saturated carbocycles. The zero-order valence-electron chi connectivity index (χ0n) is 13.3. The minimum absolute atomic E-state index is 0.0393. The van der Waals surface area contributed by atoms with Crippen LogP contribution in [-0.2, 0) is 17.1 Å². The molecule has 1 atom stereocenters. The molecule has 2 aromatic carbocycles. The van der Waals surface area contributed by atoms with Crippen molar-refractivity contribution in [1.82, 2.24) is 15.3 Å². The molecule has 1 amide bonds. The fourth-order valence-electron chi connectivity index (χ4n) is 2.30. The summed E-state index contributed by atoms with van der Waals surface area (Å²) in [5.41, 5.74) is 2.51. The van der Waals surface area contributed by atoms with E-state index in [0.717, 1.165) is 5.75 Å². The molecule has 4 nitrogen and oxygen atoms in total. The molecular formula is C18H18FN3OS. The summed E-state index contributed by atoms with van der Waals surface area (Å²) < 4.78 is 13.2. The van der Waals surface area contributed by atoms with E-state index in [1.807, 2.05) is 37.3 Å². The summed E-state index contributed by atoms with van der Waals surface area (Å²) in [6.45, 7) is 2.18. The Morgan fingerprint density at radius 1 is 1.29 bits per heavy atom. The molecular weight excluding hydrogens is 325 g/mol. The second-order valence-corrected chi connectivity index (χ2v) is 6.83. The van der Waals surface area contributed by atoms with Gasteiger partial charge in [0.1, 0.15) is 11.6 Å². The third-order valence-electron chi connectivity index (χ3n) is 3.64. The van der Waals surface area contributed by atoms with E-state index >= 15 is 0 Å². The van der Waals surface area contributed by atoms with Crippen molar-refractivity contribution in [2.75, 3.05) is 0 Å². The highest BCUT2D eigenvalue weighted by Gasteiger charge is 2.14. The van der Waals surface area contributed by atoms with Crippen molar-refractivity contribution in [3.63, 3.8) is 0 Å². The van der Waals surface area contributed by atoms with Gasteiger partial charge in [-0.05, 0) is 30.7 Å². The third-order valence-corrected chi connectivity index (χ3v) is 4.85. The predicted octanol–water partition coefficient (Wildman–Crippen LogP) is 3.64. The average Bonchev–Trinajstić information content (AvgIpc) is 3.00. The van der Waals surface area contributed by atoms with Gasteiger partial charge in [0.05, 0.1) is 22.8 Å². The van der Waals surface area contributed by atoms with E-state index in [1.54, 1.807) is 17.8 Å². The lowest BCUT2D eigenvalue weighted by Crippen LogP contribution is -2.30. The maximum atomic E-state index is 13.2. The number of thioether (sulfide) groups is 1. The lowest BCUT2D eigenvalue weighted by molar-refractivity contribution is -0.120. The molecule has 0 aliphatic rings. The fraction of sp³-hybridized carbons (Fsp3) is 0.222. The van der Waals surface area contributed by atoms with Gasteiger partial charge in [-0.3, -0.25) is 4.79 Å². The van der Waals surface area contributed by atoms with Crippen molar-refractivity contribution in [2.24, 2.45) is 0 Å². The Morgan fingerprint density at radius 2 is 2.08 bits per heavy atom. The zero-order chi connectivity index (χ0) is 16.9. The van der Waals surface area contributed by atoms with Gasteiger partial charge >= 0.3 is 0 Å². The smallest absolute Gasteiger partial charge is 0.233 e. The van der Waals surface area contributed by atoms with Crippen LogP contribution in [0.3, 0.4) is 0 Å². The van der Waals surface area contributed by atoms with Crippen LogP contribution >= 0.6 is 11.8 Å². The van der Waals surface area contributed by atoms with E-state index in [0.29, 0.717) is 23.4 Å². The number of carbonyl (C=O) groups is 1. The molecule has 24 heavy (non-hydrogen) atoms. The maximum absolute atomic E-state index is 13.2. The SMILES string of the molecule is C[C@H](SCc1ccccc1)C(=O)NCc1nc2ccc(F)cc2[nH]1. The number of imidazole rings is 1. The van der Waals surface area contributed by atoms with Gasteiger partial charge in [0, 0.05) is 5.75 Å². The van der Waals surface area contributed by atoms with E-state index < -0.39 is 0 Å². The highest BCUT2D eigenvalue weighted by atomic mass is 32.2. The highest BCUT2D eigenvalue weighted by Crippen LogP contribution is 2.18. The first-order valence-corrected chi connectivity index (χ1v) is 8.74. The Bertz CT molecular complexity index is 835. The molecule has 0 spiro atoms. The first-order valence-electron chi connectivity index (χ1n) is 7.69. The number of nitrogens with one attached hydrogen (secondary N) is 2. The Labute approximate surface area is 143 Å². The second kappa shape index (κ2) is 7.49. The first kappa shape index (κ1) is 16.5. The van der Waals surface area contributed by atoms with Gasteiger partial charge in [0.25, 0.3) is 0 Å². The number of H-pyrrole nitrogens is 1. The summed E-state index contributed by atoms with van der Waals surface area (Å²) >= 11 is 1.59. The number of halogens is 1. The standard InChI is InChI=1S/C18H18FN3OS/c1-12(24-11-13-5-3-2-4-6-13)18(23)20-10-17-21-15-8-7-14(19)9-16(15)22-17/h2-9,12H,10-11H2,1H3,(H,20,23)(H,21,22)/t12-/m0/s1. The van der Waals surface area contributed by atoms with Gasteiger partial charge in [-0.15, -0.1) is 11.8 Å². The number of rotatable bonds is 6. The number of aromatic nitrogens is 2. The van der Waals surface area contributed by atoms with Crippen molar-refractivity contribution >= 4 is 28.7 Å². The van der Waals surface area contributed by atoms with Crippen molar-refractivity contribution in [3.8, 4) is 0 Å². The van der Waals surface area contributed by atoms with Crippen molar-refractivity contribution < 1.29 is 9.18 Å². The highest BCUT2D eigenvalue weighted by molar-refractivity contribution is 7.99. The Balaban J connectivity index is 1.52. The van der Waals surface area contributed by atoms with E-state index in [4.69, 9.17) is 0 Å². The summed E-state index contributed by atoms with van der Waals surface area (Å²) in [7, 11) is 0. The normalized spacial score (nSPS) is 12.2. The molecule has 0 unspecified atom stereocenters. The molecule has 6 heteroatoms. The molecule has 0 fully saturated rings. The minimum Gasteiger partial charge on any atom is -0.348 e. The number of hydrogen-bond acceptors (Lipinski definition) is 3. The molecule has 3 rings (SSSR count). The van der Waals surface area contributed by atoms with Crippen LogP contribution in [-0.4, -0.2) is 21.1 Å². The van der Waals surface area contributed by atoms with Gasteiger partial charge in [0.15, 0.2) is 0 Å². The van der Waals surface area contributed by atoms with Crippen LogP contribution in [0.2, 0.25) is 0 Å². The van der Waals surface area contributed by atoms with E-state index in [2.05, 4.69) is 15.3 Å². The zero-order valence-corrected chi connectivity index (χ0v) is 14.1. The third kappa shape index (κ3) is 4.14. The molecule has 1 aromatic heterocycles. The van der Waals surface area contributed by atoms with Crippen LogP contribution in [0.1, 0.15) is 18.3 Å². The van der Waals surface area contributed by atoms with Crippen LogP contribution in [0, 0.1) is 5.82 Å². The largest absolute Gasteiger partial charge is 0.348 e. The average molecular weight is 343 g/mol. The van der Waals surface area contributed by atoms with Crippen molar-refractivity contribution in [1.29, 1.82) is 0 Å². The van der Waals surface area contributed by atoms with Gasteiger partial charge in [0.2, 0.25) is 5.91 Å². The molecule has 124 valence electrons. The first-order chi connectivity index (χ1) is 11.6. The van der Waals surface area contributed by atoms with Gasteiger partial charge in [-0.25, -0.2) is 9.37 Å². The molecule has 0 aliphatic carbocycles. The number of hydrogen-bond donors (Lipinski definition) is 2. The Morgan fingerprint density at radius 3 is 2.88 bits per heavy atom. The second-order valence-electron chi connectivity index (χ2n) is 5.50. The summed E-state index contributed by atoms with van der Waals surface area (Å²) in [6.07, 6.45) is 0. The van der Waals surface area contributed by atoms with Crippen molar-refractivity contribution in [2.45, 2.75) is 24.5 Å². The number of carbonyl (C=O) groups excluding carboxylic acids is 1. The summed E-state index contributed by atoms with van der Waals surface area (Å²) in [5, 5.41) is 2.70. The number of nitrogens with zero attached hydrogens (tertiary/aromatic N) is 1. The molecule has 0 radical (unpaired) electrons. The van der Waals surface area contributed by atoms with Crippen LogP contribution in [0.25, 0.3) is 11.0 Å². The van der Waals surface area contributed by atoms with Gasteiger partial charge < -0.3 is 10.3 Å². The van der Waals surface area contributed by atoms with Crippen LogP contribution in [0.15, 0.2) is 48.5 Å². The summed E-state index contributed by atoms with van der Waals surface area (Å²) in [6, 6.07) is 14.4. The van der Waals surface area contributed by atoms with Crippen molar-refractivity contribution in [3.05, 3.63) is 65.7 Å².